The summed E-state index contributed by atoms with van der Waals surface area (Å²) in [4.78, 5) is 3.00. The van der Waals surface area contributed by atoms with Crippen LogP contribution in [0.25, 0.3) is 0 Å². The largest absolute Gasteiger partial charge is 0.417 e. The van der Waals surface area contributed by atoms with Crippen LogP contribution in [0.15, 0.2) is 30.9 Å². The molecule has 1 aliphatic heterocycles. The zero-order valence-corrected chi connectivity index (χ0v) is 13.9. The lowest BCUT2D eigenvalue weighted by Gasteiger charge is -2.29. The maximum atomic E-state index is 13.2. The highest BCUT2D eigenvalue weighted by atomic mass is 32.1. The Morgan fingerprint density at radius 3 is 2.54 bits per heavy atom. The van der Waals surface area contributed by atoms with Crippen molar-refractivity contribution in [2.75, 3.05) is 11.4 Å². The predicted molar refractivity (Wildman–Crippen MR) is 89.9 cm³/mol. The zero-order valence-electron chi connectivity index (χ0n) is 13.1. The van der Waals surface area contributed by atoms with E-state index in [0.29, 0.717) is 6.54 Å². The Bertz CT molecular complexity index is 762. The molecule has 24 heavy (non-hydrogen) atoms. The molecule has 1 N–H and O–H groups in total. The summed E-state index contributed by atoms with van der Waals surface area (Å²) in [6.07, 6.45) is -3.05. The molecule has 1 saturated heterocycles. The van der Waals surface area contributed by atoms with Gasteiger partial charge in [-0.3, -0.25) is 10.3 Å². The van der Waals surface area contributed by atoms with Gasteiger partial charge in [-0.2, -0.15) is 18.4 Å². The molecule has 8 heteroatoms. The first-order chi connectivity index (χ1) is 11.1. The minimum Gasteiger partial charge on any atom is -0.332 e. The van der Waals surface area contributed by atoms with Crippen molar-refractivity contribution < 1.29 is 13.2 Å². The molecule has 0 spiro atoms. The van der Waals surface area contributed by atoms with E-state index in [1.165, 1.54) is 17.0 Å². The van der Waals surface area contributed by atoms with Crippen molar-refractivity contribution in [3.63, 3.8) is 0 Å². The average Bonchev–Trinajstić information content (AvgIpc) is 2.66. The van der Waals surface area contributed by atoms with Crippen LogP contribution in [0, 0.1) is 16.7 Å². The van der Waals surface area contributed by atoms with Gasteiger partial charge < -0.3 is 4.90 Å². The van der Waals surface area contributed by atoms with E-state index in [-0.39, 0.29) is 16.6 Å². The van der Waals surface area contributed by atoms with Crippen molar-refractivity contribution in [1.29, 1.82) is 10.7 Å². The summed E-state index contributed by atoms with van der Waals surface area (Å²) in [5.74, 6) is 0.0622. The topological polar surface area (TPSA) is 54.1 Å². The molecule has 2 rings (SSSR count). The lowest BCUT2D eigenvalue weighted by atomic mass is 10.0. The van der Waals surface area contributed by atoms with Gasteiger partial charge in [0, 0.05) is 6.54 Å². The Kier molecular flexibility index (Phi) is 4.42. The standard InChI is InChI=1S/C16H15F3N4S/c1-4-7-22-14(24)23(13(21)15(22,2)3)11-6-5-10(9-20)12(8-11)16(17,18)19/h4-6,8,21H,1,7H2,2-3H3. The molecule has 0 saturated carbocycles. The van der Waals surface area contributed by atoms with E-state index in [1.54, 1.807) is 24.8 Å². The molecule has 126 valence electrons. The highest BCUT2D eigenvalue weighted by molar-refractivity contribution is 7.80. The lowest BCUT2D eigenvalue weighted by Crippen LogP contribution is -2.43. The number of anilines is 1. The van der Waals surface area contributed by atoms with Crippen molar-refractivity contribution in [3.8, 4) is 6.07 Å². The van der Waals surface area contributed by atoms with Gasteiger partial charge in [-0.15, -0.1) is 6.58 Å². The molecule has 0 bridgehead atoms. The lowest BCUT2D eigenvalue weighted by molar-refractivity contribution is -0.137. The number of halogens is 3. The van der Waals surface area contributed by atoms with Crippen LogP contribution in [0.5, 0.6) is 0 Å². The Morgan fingerprint density at radius 1 is 1.42 bits per heavy atom. The monoisotopic (exact) mass is 352 g/mol. The fourth-order valence-corrected chi connectivity index (χ4v) is 3.03. The number of amidine groups is 1. The first-order valence-electron chi connectivity index (χ1n) is 6.98. The first kappa shape index (κ1) is 17.9. The van der Waals surface area contributed by atoms with Crippen LogP contribution in [0.3, 0.4) is 0 Å². The van der Waals surface area contributed by atoms with Gasteiger partial charge in [-0.05, 0) is 44.3 Å². The second-order valence-corrected chi connectivity index (χ2v) is 6.13. The third-order valence-corrected chi connectivity index (χ3v) is 4.30. The Hall–Kier alpha value is -2.40. The molecule has 1 heterocycles. The number of thiocarbonyl (C=S) groups is 1. The molecule has 4 nitrogen and oxygen atoms in total. The molecular weight excluding hydrogens is 337 g/mol. The normalized spacial score (nSPS) is 17.2. The van der Waals surface area contributed by atoms with E-state index in [0.717, 1.165) is 12.1 Å². The molecule has 0 amide bonds. The van der Waals surface area contributed by atoms with Crippen LogP contribution in [0.4, 0.5) is 18.9 Å². The smallest absolute Gasteiger partial charge is 0.332 e. The van der Waals surface area contributed by atoms with Gasteiger partial charge in [-0.1, -0.05) is 6.08 Å². The Balaban J connectivity index is 2.57. The number of benzene rings is 1. The number of nitrogens with one attached hydrogen (secondary N) is 1. The first-order valence-corrected chi connectivity index (χ1v) is 7.39. The second kappa shape index (κ2) is 5.91. The highest BCUT2D eigenvalue weighted by Crippen LogP contribution is 2.37. The number of nitriles is 1. The van der Waals surface area contributed by atoms with Crippen LogP contribution in [0.1, 0.15) is 25.0 Å². The molecule has 0 aliphatic carbocycles. The molecule has 1 aromatic rings. The summed E-state index contributed by atoms with van der Waals surface area (Å²) < 4.78 is 39.5. The summed E-state index contributed by atoms with van der Waals surface area (Å²) in [5.41, 5.74) is -2.18. The van der Waals surface area contributed by atoms with E-state index in [4.69, 9.17) is 22.9 Å². The SMILES string of the molecule is C=CCN1C(=S)N(c2ccc(C#N)c(C(F)(F)F)c2)C(=N)C1(C)C. The van der Waals surface area contributed by atoms with Gasteiger partial charge in [0.15, 0.2) is 5.11 Å². The fraction of sp³-hybridized carbons (Fsp3) is 0.312. The van der Waals surface area contributed by atoms with Gasteiger partial charge in [0.2, 0.25) is 0 Å². The number of hydrogen-bond acceptors (Lipinski definition) is 3. The summed E-state index contributed by atoms with van der Waals surface area (Å²) in [7, 11) is 0. The van der Waals surface area contributed by atoms with E-state index >= 15 is 0 Å². The summed E-state index contributed by atoms with van der Waals surface area (Å²) in [6, 6.07) is 4.85. The van der Waals surface area contributed by atoms with Gasteiger partial charge in [-0.25, -0.2) is 0 Å². The van der Waals surface area contributed by atoms with E-state index in [9.17, 15) is 13.2 Å². The van der Waals surface area contributed by atoms with Crippen LogP contribution >= 0.6 is 12.2 Å². The fourth-order valence-electron chi connectivity index (χ4n) is 2.54. The Labute approximate surface area is 143 Å². The maximum absolute atomic E-state index is 13.2. The minimum atomic E-state index is -4.67. The second-order valence-electron chi connectivity index (χ2n) is 5.76. The zero-order chi connectivity index (χ0) is 18.3. The molecule has 1 aliphatic rings. The van der Waals surface area contributed by atoms with Crippen molar-refractivity contribution in [3.05, 3.63) is 42.0 Å². The number of hydrogen-bond donors (Lipinski definition) is 1. The predicted octanol–water partition coefficient (Wildman–Crippen LogP) is 3.93. The molecule has 0 aromatic heterocycles. The van der Waals surface area contributed by atoms with Gasteiger partial charge >= 0.3 is 6.18 Å². The Morgan fingerprint density at radius 2 is 2.04 bits per heavy atom. The third-order valence-electron chi connectivity index (χ3n) is 3.90. The van der Waals surface area contributed by atoms with Crippen molar-refractivity contribution in [2.24, 2.45) is 0 Å². The number of alkyl halides is 3. The van der Waals surface area contributed by atoms with Gasteiger partial charge in [0.1, 0.15) is 5.84 Å². The highest BCUT2D eigenvalue weighted by Gasteiger charge is 2.46. The minimum absolute atomic E-state index is 0.0622. The molecule has 0 atom stereocenters. The summed E-state index contributed by atoms with van der Waals surface area (Å²) in [5, 5.41) is 17.4. The van der Waals surface area contributed by atoms with E-state index in [1.807, 2.05) is 0 Å². The third kappa shape index (κ3) is 2.76. The van der Waals surface area contributed by atoms with Crippen molar-refractivity contribution >= 4 is 28.9 Å². The van der Waals surface area contributed by atoms with Gasteiger partial charge in [0.25, 0.3) is 0 Å². The number of rotatable bonds is 3. The molecule has 0 unspecified atom stereocenters. The van der Waals surface area contributed by atoms with Crippen molar-refractivity contribution in [2.45, 2.75) is 25.6 Å². The van der Waals surface area contributed by atoms with Crippen molar-refractivity contribution in [1.82, 2.24) is 4.90 Å². The molecular formula is C16H15F3N4S. The average molecular weight is 352 g/mol. The summed E-state index contributed by atoms with van der Waals surface area (Å²) in [6.45, 7) is 7.54. The molecule has 0 radical (unpaired) electrons. The number of nitrogens with zero attached hydrogens (tertiary/aromatic N) is 3. The van der Waals surface area contributed by atoms with Gasteiger partial charge in [0.05, 0.1) is 28.4 Å². The van der Waals surface area contributed by atoms with Crippen LogP contribution < -0.4 is 4.90 Å². The summed E-state index contributed by atoms with van der Waals surface area (Å²) >= 11 is 5.35. The van der Waals surface area contributed by atoms with E-state index in [2.05, 4.69) is 6.58 Å². The maximum Gasteiger partial charge on any atom is 0.417 e. The molecule has 1 fully saturated rings. The van der Waals surface area contributed by atoms with E-state index < -0.39 is 22.8 Å². The van der Waals surface area contributed by atoms with Crippen LogP contribution in [0.2, 0.25) is 0 Å². The quantitative estimate of drug-likeness (QED) is 0.662. The van der Waals surface area contributed by atoms with Crippen LogP contribution in [-0.4, -0.2) is 27.9 Å². The molecule has 1 aromatic carbocycles. The van der Waals surface area contributed by atoms with Crippen LogP contribution in [-0.2, 0) is 6.18 Å².